The van der Waals surface area contributed by atoms with Crippen LogP contribution in [0, 0.1) is 10.1 Å². The molecule has 0 atom stereocenters. The number of benzene rings is 1. The molecule has 1 aromatic heterocycles. The molecule has 0 spiro atoms. The highest BCUT2D eigenvalue weighted by atomic mass is 79.9. The Labute approximate surface area is 115 Å². The summed E-state index contributed by atoms with van der Waals surface area (Å²) in [6.45, 7) is 0. The fraction of sp³-hybridized carbons (Fsp3) is 0. The second-order valence-electron chi connectivity index (χ2n) is 3.52. The topological polar surface area (TPSA) is 106 Å². The highest BCUT2D eigenvalue weighted by Gasteiger charge is 2.19. The SMILES string of the molecule is O=C(Nc1ccc(O)cc1[N+](=O)[O-])c1ccc(Br)o1. The maximum absolute atomic E-state index is 11.8. The molecule has 1 heterocycles. The molecular formula is C11H7BrN2O5. The van der Waals surface area contributed by atoms with E-state index < -0.39 is 16.5 Å². The summed E-state index contributed by atoms with van der Waals surface area (Å²) < 4.78 is 5.40. The molecule has 0 unspecified atom stereocenters. The average molecular weight is 327 g/mol. The van der Waals surface area contributed by atoms with Crippen molar-refractivity contribution in [3.05, 3.63) is 50.9 Å². The lowest BCUT2D eigenvalue weighted by atomic mass is 10.2. The van der Waals surface area contributed by atoms with Gasteiger partial charge in [0.1, 0.15) is 11.4 Å². The number of rotatable bonds is 3. The molecule has 7 nitrogen and oxygen atoms in total. The Morgan fingerprint density at radius 1 is 1.37 bits per heavy atom. The smallest absolute Gasteiger partial charge is 0.296 e. The van der Waals surface area contributed by atoms with Gasteiger partial charge in [0.25, 0.3) is 11.6 Å². The fourth-order valence-corrected chi connectivity index (χ4v) is 1.70. The van der Waals surface area contributed by atoms with Crippen molar-refractivity contribution in [2.75, 3.05) is 5.32 Å². The van der Waals surface area contributed by atoms with E-state index in [9.17, 15) is 20.0 Å². The van der Waals surface area contributed by atoms with Crippen molar-refractivity contribution in [1.82, 2.24) is 0 Å². The Kier molecular flexibility index (Phi) is 3.52. The summed E-state index contributed by atoms with van der Waals surface area (Å²) in [6, 6.07) is 6.38. The fourth-order valence-electron chi connectivity index (χ4n) is 1.40. The van der Waals surface area contributed by atoms with Gasteiger partial charge in [-0.15, -0.1) is 0 Å². The van der Waals surface area contributed by atoms with Gasteiger partial charge in [0.15, 0.2) is 10.4 Å². The summed E-state index contributed by atoms with van der Waals surface area (Å²) in [6.07, 6.45) is 0. The first-order chi connectivity index (χ1) is 8.97. The standard InChI is InChI=1S/C11H7BrN2O5/c12-10-4-3-9(19-10)11(16)13-7-2-1-6(15)5-8(7)14(17)18/h1-5,15H,(H,13,16). The molecule has 1 amide bonds. The lowest BCUT2D eigenvalue weighted by Gasteiger charge is -2.04. The van der Waals surface area contributed by atoms with E-state index in [-0.39, 0.29) is 17.2 Å². The lowest BCUT2D eigenvalue weighted by Crippen LogP contribution is -2.12. The maximum Gasteiger partial charge on any atom is 0.296 e. The van der Waals surface area contributed by atoms with Crippen molar-refractivity contribution in [2.45, 2.75) is 0 Å². The number of nitro benzene ring substituents is 1. The van der Waals surface area contributed by atoms with Crippen LogP contribution in [0.4, 0.5) is 11.4 Å². The molecule has 1 aromatic carbocycles. The number of aromatic hydroxyl groups is 1. The van der Waals surface area contributed by atoms with E-state index in [1.807, 2.05) is 0 Å². The number of hydrogen-bond acceptors (Lipinski definition) is 5. The van der Waals surface area contributed by atoms with Crippen molar-refractivity contribution in [1.29, 1.82) is 0 Å². The molecule has 0 saturated carbocycles. The number of anilines is 1. The van der Waals surface area contributed by atoms with Gasteiger partial charge < -0.3 is 14.8 Å². The Bertz CT molecular complexity index is 652. The van der Waals surface area contributed by atoms with E-state index in [4.69, 9.17) is 4.42 Å². The Balaban J connectivity index is 2.28. The zero-order chi connectivity index (χ0) is 14.0. The van der Waals surface area contributed by atoms with Crippen LogP contribution in [0.3, 0.4) is 0 Å². The second-order valence-corrected chi connectivity index (χ2v) is 4.30. The third-order valence-corrected chi connectivity index (χ3v) is 2.65. The van der Waals surface area contributed by atoms with Crippen LogP contribution in [-0.4, -0.2) is 15.9 Å². The summed E-state index contributed by atoms with van der Waals surface area (Å²) in [5, 5.41) is 22.3. The molecular weight excluding hydrogens is 320 g/mol. The molecule has 0 aliphatic rings. The number of carbonyl (C=O) groups is 1. The third kappa shape index (κ3) is 2.91. The molecule has 0 fully saturated rings. The van der Waals surface area contributed by atoms with Gasteiger partial charge in [-0.2, -0.15) is 0 Å². The Morgan fingerprint density at radius 3 is 2.68 bits per heavy atom. The van der Waals surface area contributed by atoms with Gasteiger partial charge in [-0.05, 0) is 40.2 Å². The minimum absolute atomic E-state index is 0.00856. The normalized spacial score (nSPS) is 10.2. The van der Waals surface area contributed by atoms with E-state index in [1.165, 1.54) is 24.3 Å². The van der Waals surface area contributed by atoms with Crippen molar-refractivity contribution in [2.24, 2.45) is 0 Å². The van der Waals surface area contributed by atoms with E-state index in [2.05, 4.69) is 21.2 Å². The van der Waals surface area contributed by atoms with Crippen LogP contribution in [0.5, 0.6) is 5.75 Å². The van der Waals surface area contributed by atoms with Crippen LogP contribution in [0.15, 0.2) is 39.4 Å². The first kappa shape index (κ1) is 13.1. The summed E-state index contributed by atoms with van der Waals surface area (Å²) >= 11 is 3.05. The summed E-state index contributed by atoms with van der Waals surface area (Å²) in [7, 11) is 0. The van der Waals surface area contributed by atoms with Gasteiger partial charge in [0.2, 0.25) is 0 Å². The van der Waals surface area contributed by atoms with Crippen molar-refractivity contribution < 1.29 is 19.2 Å². The molecule has 2 N–H and O–H groups in total. The van der Waals surface area contributed by atoms with E-state index >= 15 is 0 Å². The second kappa shape index (κ2) is 5.11. The highest BCUT2D eigenvalue weighted by molar-refractivity contribution is 9.10. The van der Waals surface area contributed by atoms with E-state index in [0.29, 0.717) is 4.67 Å². The predicted octanol–water partition coefficient (Wildman–Crippen LogP) is 2.91. The molecule has 0 aliphatic carbocycles. The summed E-state index contributed by atoms with van der Waals surface area (Å²) in [5.74, 6) is -0.876. The molecule has 2 rings (SSSR count). The number of carbonyl (C=O) groups excluding carboxylic acids is 1. The third-order valence-electron chi connectivity index (χ3n) is 2.22. The van der Waals surface area contributed by atoms with Crippen molar-refractivity contribution in [3.63, 3.8) is 0 Å². The minimum atomic E-state index is -0.701. The first-order valence-corrected chi connectivity index (χ1v) is 5.81. The van der Waals surface area contributed by atoms with Crippen LogP contribution in [0.25, 0.3) is 0 Å². The average Bonchev–Trinajstić information content (AvgIpc) is 2.78. The van der Waals surface area contributed by atoms with Gasteiger partial charge in [-0.3, -0.25) is 14.9 Å². The molecule has 2 aromatic rings. The van der Waals surface area contributed by atoms with E-state index in [0.717, 1.165) is 6.07 Å². The molecule has 0 bridgehead atoms. The molecule has 98 valence electrons. The van der Waals surface area contributed by atoms with Crippen LogP contribution >= 0.6 is 15.9 Å². The van der Waals surface area contributed by atoms with Gasteiger partial charge in [-0.25, -0.2) is 0 Å². The van der Waals surface area contributed by atoms with Gasteiger partial charge in [0.05, 0.1) is 11.0 Å². The number of nitrogens with zero attached hydrogens (tertiary/aromatic N) is 1. The van der Waals surface area contributed by atoms with E-state index in [1.54, 1.807) is 0 Å². The van der Waals surface area contributed by atoms with Crippen LogP contribution < -0.4 is 5.32 Å². The Hall–Kier alpha value is -2.35. The van der Waals surface area contributed by atoms with Crippen LogP contribution in [0.2, 0.25) is 0 Å². The molecule has 0 radical (unpaired) electrons. The number of furan rings is 1. The molecule has 19 heavy (non-hydrogen) atoms. The number of amides is 1. The largest absolute Gasteiger partial charge is 0.508 e. The number of halogens is 1. The van der Waals surface area contributed by atoms with Gasteiger partial charge in [0, 0.05) is 0 Å². The number of hydrogen-bond donors (Lipinski definition) is 2. The summed E-state index contributed by atoms with van der Waals surface area (Å²) in [5.41, 5.74) is -0.431. The molecule has 0 saturated heterocycles. The number of nitro groups is 1. The number of phenolic OH excluding ortho intramolecular Hbond substituents is 1. The zero-order valence-electron chi connectivity index (χ0n) is 9.29. The zero-order valence-corrected chi connectivity index (χ0v) is 10.9. The number of phenols is 1. The molecule has 0 aliphatic heterocycles. The summed E-state index contributed by atoms with van der Waals surface area (Å²) in [4.78, 5) is 21.9. The van der Waals surface area contributed by atoms with Crippen molar-refractivity contribution >= 4 is 33.2 Å². The monoisotopic (exact) mass is 326 g/mol. The highest BCUT2D eigenvalue weighted by Crippen LogP contribution is 2.29. The van der Waals surface area contributed by atoms with Crippen LogP contribution in [-0.2, 0) is 0 Å². The predicted molar refractivity (Wildman–Crippen MR) is 69.1 cm³/mol. The lowest BCUT2D eigenvalue weighted by molar-refractivity contribution is -0.384. The van der Waals surface area contributed by atoms with Crippen molar-refractivity contribution in [3.8, 4) is 5.75 Å². The number of nitrogens with one attached hydrogen (secondary N) is 1. The Morgan fingerprint density at radius 2 is 2.11 bits per heavy atom. The first-order valence-electron chi connectivity index (χ1n) is 5.01. The van der Waals surface area contributed by atoms with Gasteiger partial charge in [-0.1, -0.05) is 0 Å². The maximum atomic E-state index is 11.8. The quantitative estimate of drug-likeness (QED) is 0.512. The van der Waals surface area contributed by atoms with Crippen LogP contribution in [0.1, 0.15) is 10.6 Å². The molecule has 8 heteroatoms. The van der Waals surface area contributed by atoms with Gasteiger partial charge >= 0.3 is 0 Å². The minimum Gasteiger partial charge on any atom is -0.508 e.